The summed E-state index contributed by atoms with van der Waals surface area (Å²) in [6, 6.07) is 8.57. The molecule has 1 amide bonds. The molecule has 1 heterocycles. The highest BCUT2D eigenvalue weighted by Gasteiger charge is 2.23. The van der Waals surface area contributed by atoms with Crippen molar-refractivity contribution in [3.05, 3.63) is 57.8 Å². The smallest absolute Gasteiger partial charge is 0.249 e. The highest BCUT2D eigenvalue weighted by molar-refractivity contribution is 6.07. The number of amides is 1. The molecule has 25 heavy (non-hydrogen) atoms. The van der Waals surface area contributed by atoms with Gasteiger partial charge in [-0.2, -0.15) is 0 Å². The maximum atomic E-state index is 12.0. The predicted octanol–water partition coefficient (Wildman–Crippen LogP) is 5.56. The van der Waals surface area contributed by atoms with Gasteiger partial charge in [0.15, 0.2) is 0 Å². The van der Waals surface area contributed by atoms with Gasteiger partial charge in [-0.1, -0.05) is 38.1 Å². The van der Waals surface area contributed by atoms with Crippen molar-refractivity contribution in [2.75, 3.05) is 0 Å². The minimum Gasteiger partial charge on any atom is -0.460 e. The number of fused-ring (bicyclic) bond motifs is 1. The topological polar surface area (TPSA) is 56.2 Å². The highest BCUT2D eigenvalue weighted by Crippen LogP contribution is 2.40. The summed E-state index contributed by atoms with van der Waals surface area (Å²) < 4.78 is 6.11. The van der Waals surface area contributed by atoms with E-state index < -0.39 is 0 Å². The summed E-state index contributed by atoms with van der Waals surface area (Å²) in [5, 5.41) is 0.992. The Morgan fingerprint density at radius 3 is 2.08 bits per heavy atom. The van der Waals surface area contributed by atoms with Gasteiger partial charge in [0.2, 0.25) is 5.91 Å². The first-order chi connectivity index (χ1) is 11.7. The lowest BCUT2D eigenvalue weighted by Gasteiger charge is -2.12. The largest absolute Gasteiger partial charge is 0.460 e. The van der Waals surface area contributed by atoms with Gasteiger partial charge in [0.05, 0.1) is 0 Å². The molecule has 3 aromatic rings. The van der Waals surface area contributed by atoms with Crippen LogP contribution in [-0.2, 0) is 0 Å². The Hall–Kier alpha value is -2.55. The fourth-order valence-electron chi connectivity index (χ4n) is 3.68. The van der Waals surface area contributed by atoms with Gasteiger partial charge in [0.25, 0.3) is 0 Å². The van der Waals surface area contributed by atoms with Crippen LogP contribution in [0, 0.1) is 27.7 Å². The number of benzene rings is 2. The normalized spacial score (nSPS) is 11.5. The fourth-order valence-corrected chi connectivity index (χ4v) is 3.68. The van der Waals surface area contributed by atoms with E-state index in [1.54, 1.807) is 0 Å². The summed E-state index contributed by atoms with van der Waals surface area (Å²) in [4.78, 5) is 12.0. The van der Waals surface area contributed by atoms with Crippen LogP contribution >= 0.6 is 0 Å². The van der Waals surface area contributed by atoms with E-state index in [2.05, 4.69) is 38.1 Å². The lowest BCUT2D eigenvalue weighted by molar-refractivity contribution is 0.0999. The molecule has 0 atom stereocenters. The lowest BCUT2D eigenvalue weighted by Crippen LogP contribution is -2.15. The van der Waals surface area contributed by atoms with Gasteiger partial charge in [0, 0.05) is 16.5 Å². The maximum Gasteiger partial charge on any atom is 0.249 e. The highest BCUT2D eigenvalue weighted by atomic mass is 16.3. The first-order valence-electron chi connectivity index (χ1n) is 8.67. The number of primary amides is 1. The molecule has 3 rings (SSSR count). The quantitative estimate of drug-likeness (QED) is 0.681. The van der Waals surface area contributed by atoms with E-state index in [-0.39, 0.29) is 5.91 Å². The summed E-state index contributed by atoms with van der Waals surface area (Å²) in [5.74, 6) is 0.962. The average Bonchev–Trinajstić information content (AvgIpc) is 2.90. The zero-order chi connectivity index (χ0) is 18.5. The van der Waals surface area contributed by atoms with E-state index >= 15 is 0 Å². The maximum absolute atomic E-state index is 12.0. The van der Waals surface area contributed by atoms with E-state index in [4.69, 9.17) is 10.2 Å². The first kappa shape index (κ1) is 17.3. The van der Waals surface area contributed by atoms with Gasteiger partial charge in [-0.3, -0.25) is 4.79 Å². The zero-order valence-electron chi connectivity index (χ0n) is 15.8. The second kappa shape index (κ2) is 6.07. The zero-order valence-corrected chi connectivity index (χ0v) is 15.8. The number of furan rings is 1. The minimum atomic E-state index is -0.389. The van der Waals surface area contributed by atoms with Gasteiger partial charge in [-0.25, -0.2) is 0 Å². The van der Waals surface area contributed by atoms with Crippen LogP contribution in [0.15, 0.2) is 28.7 Å². The van der Waals surface area contributed by atoms with Crippen LogP contribution in [0.4, 0.5) is 0 Å². The molecule has 0 unspecified atom stereocenters. The molecule has 2 N–H and O–H groups in total. The number of hydrogen-bond donors (Lipinski definition) is 1. The molecule has 3 heteroatoms. The predicted molar refractivity (Wildman–Crippen MR) is 103 cm³/mol. The van der Waals surface area contributed by atoms with E-state index in [0.29, 0.717) is 11.5 Å². The Morgan fingerprint density at radius 2 is 1.56 bits per heavy atom. The third-order valence-electron chi connectivity index (χ3n) is 5.22. The van der Waals surface area contributed by atoms with E-state index in [9.17, 15) is 4.79 Å². The van der Waals surface area contributed by atoms with Crippen molar-refractivity contribution in [3.8, 4) is 11.1 Å². The van der Waals surface area contributed by atoms with Crippen molar-refractivity contribution in [1.82, 2.24) is 0 Å². The van der Waals surface area contributed by atoms with Crippen LogP contribution in [0.2, 0.25) is 0 Å². The van der Waals surface area contributed by atoms with Crippen LogP contribution in [-0.4, -0.2) is 5.91 Å². The standard InChI is InChI=1S/C22H25NO2/c1-11(2)16-7-9-17(10-8-16)20-15(6)25-21-13(4)12(3)18(22(23)24)14(5)19(20)21/h7-11H,1-6H3,(H2,23,24). The molecule has 130 valence electrons. The molecule has 0 aliphatic heterocycles. The Kier molecular flexibility index (Phi) is 4.19. The second-order valence-corrected chi connectivity index (χ2v) is 7.13. The van der Waals surface area contributed by atoms with Gasteiger partial charge < -0.3 is 10.2 Å². The molecule has 1 aromatic heterocycles. The number of rotatable bonds is 3. The summed E-state index contributed by atoms with van der Waals surface area (Å²) in [6.45, 7) is 12.2. The SMILES string of the molecule is Cc1oc2c(C)c(C)c(C(N)=O)c(C)c2c1-c1ccc(C(C)C)cc1. The number of nitrogens with two attached hydrogens (primary N) is 1. The first-order valence-corrected chi connectivity index (χ1v) is 8.67. The Morgan fingerprint density at radius 1 is 0.960 bits per heavy atom. The van der Waals surface area contributed by atoms with E-state index in [0.717, 1.165) is 44.5 Å². The van der Waals surface area contributed by atoms with Crippen LogP contribution in [0.1, 0.15) is 58.1 Å². The lowest BCUT2D eigenvalue weighted by atomic mass is 9.90. The monoisotopic (exact) mass is 335 g/mol. The third-order valence-corrected chi connectivity index (χ3v) is 5.22. The Labute approximate surface area is 148 Å². The molecule has 3 nitrogen and oxygen atoms in total. The van der Waals surface area contributed by atoms with Crippen molar-refractivity contribution < 1.29 is 9.21 Å². The molecule has 0 aliphatic carbocycles. The van der Waals surface area contributed by atoms with Crippen molar-refractivity contribution in [3.63, 3.8) is 0 Å². The molecule has 0 radical (unpaired) electrons. The molecule has 0 saturated heterocycles. The van der Waals surface area contributed by atoms with Crippen molar-refractivity contribution in [2.45, 2.75) is 47.5 Å². The van der Waals surface area contributed by atoms with Crippen LogP contribution in [0.5, 0.6) is 0 Å². The fraction of sp³-hybridized carbons (Fsp3) is 0.318. The summed E-state index contributed by atoms with van der Waals surface area (Å²) in [7, 11) is 0. The number of aryl methyl sites for hydroxylation is 3. The third kappa shape index (κ3) is 2.64. The summed E-state index contributed by atoms with van der Waals surface area (Å²) in [6.07, 6.45) is 0. The average molecular weight is 335 g/mol. The van der Waals surface area contributed by atoms with Crippen molar-refractivity contribution in [2.24, 2.45) is 5.73 Å². The molecule has 0 aliphatic rings. The Bertz CT molecular complexity index is 976. The molecular weight excluding hydrogens is 310 g/mol. The molecule has 2 aromatic carbocycles. The summed E-state index contributed by atoms with van der Waals surface area (Å²) in [5.41, 5.74) is 13.3. The van der Waals surface area contributed by atoms with Gasteiger partial charge in [-0.05, 0) is 61.4 Å². The van der Waals surface area contributed by atoms with E-state index in [1.165, 1.54) is 5.56 Å². The summed E-state index contributed by atoms with van der Waals surface area (Å²) >= 11 is 0. The van der Waals surface area contributed by atoms with Gasteiger partial charge in [0.1, 0.15) is 11.3 Å². The molecule has 0 spiro atoms. The van der Waals surface area contributed by atoms with Crippen LogP contribution in [0.25, 0.3) is 22.1 Å². The van der Waals surface area contributed by atoms with Gasteiger partial charge in [-0.15, -0.1) is 0 Å². The van der Waals surface area contributed by atoms with Crippen LogP contribution in [0.3, 0.4) is 0 Å². The van der Waals surface area contributed by atoms with Crippen molar-refractivity contribution >= 4 is 16.9 Å². The number of hydrogen-bond acceptors (Lipinski definition) is 2. The van der Waals surface area contributed by atoms with Gasteiger partial charge >= 0.3 is 0 Å². The number of carbonyl (C=O) groups is 1. The Balaban J connectivity index is 2.36. The number of carbonyl (C=O) groups excluding carboxylic acids is 1. The molecule has 0 saturated carbocycles. The van der Waals surface area contributed by atoms with Crippen LogP contribution < -0.4 is 5.73 Å². The molecular formula is C22H25NO2. The second-order valence-electron chi connectivity index (χ2n) is 7.13. The molecule has 0 fully saturated rings. The van der Waals surface area contributed by atoms with Crippen molar-refractivity contribution in [1.29, 1.82) is 0 Å². The van der Waals surface area contributed by atoms with E-state index in [1.807, 2.05) is 27.7 Å². The minimum absolute atomic E-state index is 0.389. The molecule has 0 bridgehead atoms.